The van der Waals surface area contributed by atoms with Gasteiger partial charge in [0, 0.05) is 15.4 Å². The molecule has 6 unspecified atom stereocenters. The zero-order valence-corrected chi connectivity index (χ0v) is 21.7. The summed E-state index contributed by atoms with van der Waals surface area (Å²) in [6, 6.07) is 0. The zero-order valence-electron chi connectivity index (χ0n) is 19.5. The highest BCUT2D eigenvalue weighted by Gasteiger charge is 2.36. The lowest BCUT2D eigenvalue weighted by Gasteiger charge is -2.35. The lowest BCUT2D eigenvalue weighted by molar-refractivity contribution is 0.227. The summed E-state index contributed by atoms with van der Waals surface area (Å²) in [5.74, 6) is 2.94. The smallest absolute Gasteiger partial charge is 0.0398 e. The van der Waals surface area contributed by atoms with Crippen molar-refractivity contribution in [2.24, 2.45) is 29.6 Å². The molecule has 0 amide bonds. The van der Waals surface area contributed by atoms with Crippen molar-refractivity contribution in [2.45, 2.75) is 104 Å². The number of halogens is 3. The molecule has 0 aromatic carbocycles. The van der Waals surface area contributed by atoms with E-state index in [-0.39, 0.29) is 5.38 Å². The van der Waals surface area contributed by atoms with E-state index < -0.39 is 0 Å². The molecule has 2 bridgehead atoms. The molecule has 0 spiro atoms. The van der Waals surface area contributed by atoms with Crippen LogP contribution in [-0.4, -0.2) is 5.38 Å². The summed E-state index contributed by atoms with van der Waals surface area (Å²) >= 11 is 21.1. The summed E-state index contributed by atoms with van der Waals surface area (Å²) in [5.41, 5.74) is 4.29. The summed E-state index contributed by atoms with van der Waals surface area (Å²) in [6.07, 6.45) is 15.2. The Labute approximate surface area is 200 Å². The molecule has 0 heterocycles. The molecule has 2 fully saturated rings. The molecule has 3 aliphatic rings. The predicted molar refractivity (Wildman–Crippen MR) is 134 cm³/mol. The van der Waals surface area contributed by atoms with Crippen LogP contribution < -0.4 is 0 Å². The molecule has 3 heteroatoms. The fraction of sp³-hybridized carbons (Fsp3) is 0.778. The van der Waals surface area contributed by atoms with Gasteiger partial charge in [-0.25, -0.2) is 0 Å². The average molecular weight is 472 g/mol. The Bertz CT molecular complexity index is 686. The van der Waals surface area contributed by atoms with Crippen LogP contribution in [0.5, 0.6) is 0 Å². The first-order chi connectivity index (χ1) is 14.3. The number of alkyl halides is 1. The molecule has 0 nitrogen and oxygen atoms in total. The first-order valence-corrected chi connectivity index (χ1v) is 13.6. The van der Waals surface area contributed by atoms with Gasteiger partial charge >= 0.3 is 0 Å². The van der Waals surface area contributed by atoms with Crippen LogP contribution in [0, 0.1) is 29.6 Å². The molecule has 170 valence electrons. The highest BCUT2D eigenvalue weighted by atomic mass is 35.5. The van der Waals surface area contributed by atoms with E-state index in [2.05, 4.69) is 33.8 Å². The molecule has 0 saturated heterocycles. The predicted octanol–water partition coefficient (Wildman–Crippen LogP) is 10.00. The molecule has 0 aliphatic heterocycles. The van der Waals surface area contributed by atoms with Crippen molar-refractivity contribution in [3.05, 3.63) is 32.9 Å². The van der Waals surface area contributed by atoms with Gasteiger partial charge in [-0.1, -0.05) is 74.0 Å². The van der Waals surface area contributed by atoms with E-state index in [1.54, 1.807) is 0 Å². The maximum Gasteiger partial charge on any atom is 0.0398 e. The van der Waals surface area contributed by atoms with Gasteiger partial charge in [-0.05, 0) is 99.9 Å². The van der Waals surface area contributed by atoms with E-state index >= 15 is 0 Å². The van der Waals surface area contributed by atoms with Gasteiger partial charge in [-0.3, -0.25) is 0 Å². The van der Waals surface area contributed by atoms with Crippen LogP contribution in [0.3, 0.4) is 0 Å². The summed E-state index contributed by atoms with van der Waals surface area (Å²) in [4.78, 5) is 0. The van der Waals surface area contributed by atoms with Crippen molar-refractivity contribution in [1.82, 2.24) is 0 Å². The Kier molecular flexibility index (Phi) is 9.31. The van der Waals surface area contributed by atoms with Gasteiger partial charge in [-0.15, -0.1) is 11.6 Å². The van der Waals surface area contributed by atoms with E-state index in [9.17, 15) is 0 Å². The minimum absolute atomic E-state index is 0.222. The highest BCUT2D eigenvalue weighted by Crippen LogP contribution is 2.47. The Hall–Kier alpha value is 0.0900. The van der Waals surface area contributed by atoms with Crippen molar-refractivity contribution in [1.29, 1.82) is 0 Å². The lowest BCUT2D eigenvalue weighted by Crippen LogP contribution is -2.28. The number of fused-ring (bicyclic) bond motifs is 3. The molecule has 3 aliphatic carbocycles. The highest BCUT2D eigenvalue weighted by molar-refractivity contribution is 6.30. The monoisotopic (exact) mass is 470 g/mol. The molecule has 0 radical (unpaired) electrons. The number of rotatable bonds is 4. The van der Waals surface area contributed by atoms with E-state index in [0.29, 0.717) is 29.6 Å². The minimum Gasteiger partial charge on any atom is -0.122 e. The number of hydrogen-bond donors (Lipinski definition) is 0. The summed E-state index contributed by atoms with van der Waals surface area (Å²) in [5, 5.41) is 2.45. The van der Waals surface area contributed by atoms with Gasteiger partial charge < -0.3 is 0 Å². The zero-order chi connectivity index (χ0) is 21.8. The largest absolute Gasteiger partial charge is 0.122 e. The molecular weight excluding hydrogens is 431 g/mol. The van der Waals surface area contributed by atoms with Gasteiger partial charge in [-0.2, -0.15) is 0 Å². The summed E-state index contributed by atoms with van der Waals surface area (Å²) in [7, 11) is 0. The van der Waals surface area contributed by atoms with E-state index in [0.717, 1.165) is 48.6 Å². The van der Waals surface area contributed by atoms with Crippen molar-refractivity contribution < 1.29 is 0 Å². The lowest BCUT2D eigenvalue weighted by atomic mass is 9.70. The third-order valence-electron chi connectivity index (χ3n) is 8.11. The molecule has 2 saturated carbocycles. The Morgan fingerprint density at radius 1 is 0.933 bits per heavy atom. The van der Waals surface area contributed by atoms with Crippen molar-refractivity contribution in [2.75, 3.05) is 0 Å². The molecule has 0 aromatic rings. The van der Waals surface area contributed by atoms with Crippen LogP contribution in [0.1, 0.15) is 98.3 Å². The maximum absolute atomic E-state index is 7.20. The number of hydrogen-bond acceptors (Lipinski definition) is 0. The normalized spacial score (nSPS) is 38.4. The van der Waals surface area contributed by atoms with Gasteiger partial charge in [0.05, 0.1) is 0 Å². The van der Waals surface area contributed by atoms with Crippen LogP contribution in [0.4, 0.5) is 0 Å². The second-order valence-corrected chi connectivity index (χ2v) is 11.7. The fourth-order valence-electron chi connectivity index (χ4n) is 6.06. The van der Waals surface area contributed by atoms with Crippen molar-refractivity contribution >= 4 is 34.8 Å². The van der Waals surface area contributed by atoms with Crippen molar-refractivity contribution in [3.8, 4) is 0 Å². The standard InChI is InChI=1S/C27H41Cl3/c1-5-7-23-17(3)13-19-9-10-20(19)16-25(28)21-11-12-22(15-21)27(30)24(8-6-2)18(4)14-26(23)29/h13,18-20,22,24,27H,5-12,14-16H2,1-4H3/b17-13?,25-21+,26-23?. The third kappa shape index (κ3) is 5.71. The van der Waals surface area contributed by atoms with E-state index in [4.69, 9.17) is 34.8 Å². The maximum atomic E-state index is 7.20. The van der Waals surface area contributed by atoms with Gasteiger partial charge in [0.1, 0.15) is 0 Å². The quantitative estimate of drug-likeness (QED) is 0.358. The van der Waals surface area contributed by atoms with Crippen LogP contribution in [-0.2, 0) is 0 Å². The molecular formula is C27H41Cl3. The molecule has 30 heavy (non-hydrogen) atoms. The Balaban J connectivity index is 1.97. The fourth-order valence-corrected chi connectivity index (χ4v) is 7.50. The Morgan fingerprint density at radius 3 is 2.33 bits per heavy atom. The minimum atomic E-state index is 0.222. The SMILES string of the molecule is CCCC1=C(Cl)CC(C)C(CCC)C(Cl)C2CC/C(=C(\Cl)CC3CCC3C=C1C)C2. The first-order valence-electron chi connectivity index (χ1n) is 12.4. The van der Waals surface area contributed by atoms with Gasteiger partial charge in [0.25, 0.3) is 0 Å². The number of allylic oxidation sites excluding steroid dienone is 6. The van der Waals surface area contributed by atoms with Crippen LogP contribution in [0.25, 0.3) is 0 Å². The second-order valence-electron chi connectivity index (χ2n) is 10.3. The molecule has 0 aromatic heterocycles. The third-order valence-corrected chi connectivity index (χ3v) is 9.59. The topological polar surface area (TPSA) is 0 Å². The second kappa shape index (κ2) is 11.3. The molecule has 3 rings (SSSR count). The average Bonchev–Trinajstić information content (AvgIpc) is 3.20. The van der Waals surface area contributed by atoms with E-state index in [1.165, 1.54) is 48.8 Å². The van der Waals surface area contributed by atoms with E-state index in [1.807, 2.05) is 0 Å². The van der Waals surface area contributed by atoms with Crippen LogP contribution in [0.15, 0.2) is 32.9 Å². The van der Waals surface area contributed by atoms with Crippen LogP contribution in [0.2, 0.25) is 0 Å². The van der Waals surface area contributed by atoms with Crippen LogP contribution >= 0.6 is 34.8 Å². The first kappa shape index (κ1) is 24.7. The van der Waals surface area contributed by atoms with Gasteiger partial charge in [0.2, 0.25) is 0 Å². The Morgan fingerprint density at radius 2 is 1.70 bits per heavy atom. The summed E-state index contributed by atoms with van der Waals surface area (Å²) < 4.78 is 0. The van der Waals surface area contributed by atoms with Gasteiger partial charge in [0.15, 0.2) is 0 Å². The molecule has 0 N–H and O–H groups in total. The molecule has 6 atom stereocenters. The van der Waals surface area contributed by atoms with Crippen molar-refractivity contribution in [3.63, 3.8) is 0 Å². The summed E-state index contributed by atoms with van der Waals surface area (Å²) in [6.45, 7) is 9.19.